The number of benzene rings is 3. The van der Waals surface area contributed by atoms with Gasteiger partial charge in [-0.15, -0.1) is 0 Å². The minimum Gasteiger partial charge on any atom is -0.410 e. The average Bonchev–Trinajstić information content (AvgIpc) is 3.00. The van der Waals surface area contributed by atoms with Crippen molar-refractivity contribution in [2.24, 2.45) is 5.16 Å². The van der Waals surface area contributed by atoms with Crippen LogP contribution >= 0.6 is 0 Å². The molecule has 0 spiro atoms. The Labute approximate surface area is 258 Å². The zero-order chi connectivity index (χ0) is 31.5. The number of morpholine rings is 1. The molecule has 0 unspecified atom stereocenters. The van der Waals surface area contributed by atoms with E-state index in [1.807, 2.05) is 55.1 Å². The largest absolute Gasteiger partial charge is 0.410 e. The molecule has 4 aromatic rings. The maximum Gasteiger partial charge on any atom is 0.261 e. The second-order valence-electron chi connectivity index (χ2n) is 12.2. The van der Waals surface area contributed by atoms with Crippen LogP contribution in [-0.4, -0.2) is 54.5 Å². The second kappa shape index (κ2) is 12.9. The van der Waals surface area contributed by atoms with Crippen LogP contribution in [0.5, 0.6) is 0 Å². The Morgan fingerprint density at radius 3 is 2.07 bits per heavy atom. The fourth-order valence-corrected chi connectivity index (χ4v) is 10.8. The first-order valence-corrected chi connectivity index (χ1v) is 16.6. The van der Waals surface area contributed by atoms with Gasteiger partial charge >= 0.3 is 0 Å². The highest BCUT2D eigenvalue weighted by atomic mass is 28.4. The SMILES string of the molecule is C[C@@H]1CN(c2c(CO[Si](c3ccccc3)(c3ccccc3)C(C)(C)C)cc(/C(=N/O)c3ccncn3)c(F)c2F)C[C@H](C)O1. The summed E-state index contributed by atoms with van der Waals surface area (Å²) in [5.74, 6) is -2.17. The Bertz CT molecular complexity index is 1550. The number of ether oxygens (including phenoxy) is 1. The first kappa shape index (κ1) is 31.4. The predicted octanol–water partition coefficient (Wildman–Crippen LogP) is 5.67. The number of hydrogen-bond acceptors (Lipinski definition) is 7. The number of rotatable bonds is 8. The minimum absolute atomic E-state index is 0.0184. The maximum absolute atomic E-state index is 16.4. The molecule has 1 aromatic heterocycles. The smallest absolute Gasteiger partial charge is 0.261 e. The van der Waals surface area contributed by atoms with Crippen LogP contribution in [0, 0.1) is 11.6 Å². The van der Waals surface area contributed by atoms with Gasteiger partial charge in [0.25, 0.3) is 8.32 Å². The molecule has 0 bridgehead atoms. The monoisotopic (exact) mass is 616 g/mol. The molecule has 10 heteroatoms. The van der Waals surface area contributed by atoms with Crippen molar-refractivity contribution in [1.82, 2.24) is 9.97 Å². The molecule has 0 amide bonds. The zero-order valence-corrected chi connectivity index (χ0v) is 26.7. The molecule has 7 nitrogen and oxygen atoms in total. The van der Waals surface area contributed by atoms with Crippen LogP contribution in [0.1, 0.15) is 51.4 Å². The summed E-state index contributed by atoms with van der Waals surface area (Å²) in [5, 5.41) is 15.1. The van der Waals surface area contributed by atoms with E-state index in [4.69, 9.17) is 9.16 Å². The molecule has 1 N–H and O–H groups in total. The number of halogens is 2. The standard InChI is InChI=1S/C34H38F2N4O3Si/c1-23-19-40(20-24(2)43-23)33-25(18-28(30(35)31(33)36)32(39-41)29-16-17-37-22-38-29)21-42-44(34(3,4)5,26-12-8-6-9-13-26)27-14-10-7-11-15-27/h6-18,22-24,41H,19-21H2,1-5H3/b39-32-/t23-,24+. The van der Waals surface area contributed by atoms with E-state index >= 15 is 8.78 Å². The lowest BCUT2D eigenvalue weighted by Crippen LogP contribution is -2.66. The molecular weight excluding hydrogens is 578 g/mol. The van der Waals surface area contributed by atoms with E-state index in [2.05, 4.69) is 60.2 Å². The first-order chi connectivity index (χ1) is 21.1. The summed E-state index contributed by atoms with van der Waals surface area (Å²) in [6, 6.07) is 23.3. The summed E-state index contributed by atoms with van der Waals surface area (Å²) in [6.45, 7) is 11.0. The van der Waals surface area contributed by atoms with Crippen LogP contribution in [-0.2, 0) is 15.8 Å². The van der Waals surface area contributed by atoms with Gasteiger partial charge in [0.05, 0.1) is 30.2 Å². The topological polar surface area (TPSA) is 80.1 Å². The van der Waals surface area contributed by atoms with Crippen LogP contribution in [0.25, 0.3) is 0 Å². The van der Waals surface area contributed by atoms with Crippen LogP contribution in [0.3, 0.4) is 0 Å². The normalized spacial score (nSPS) is 18.0. The van der Waals surface area contributed by atoms with Crippen LogP contribution in [0.2, 0.25) is 5.04 Å². The van der Waals surface area contributed by atoms with Crippen LogP contribution in [0.4, 0.5) is 14.5 Å². The summed E-state index contributed by atoms with van der Waals surface area (Å²) >= 11 is 0. The molecule has 2 atom stereocenters. The Kier molecular flexibility index (Phi) is 9.24. The summed E-state index contributed by atoms with van der Waals surface area (Å²) in [5.41, 5.74) is 0.282. The molecule has 1 aliphatic heterocycles. The Morgan fingerprint density at radius 1 is 0.977 bits per heavy atom. The van der Waals surface area contributed by atoms with Crippen LogP contribution < -0.4 is 15.3 Å². The van der Waals surface area contributed by atoms with Gasteiger partial charge in [0.15, 0.2) is 11.6 Å². The minimum atomic E-state index is -3.04. The molecule has 1 aliphatic rings. The van der Waals surface area contributed by atoms with E-state index in [1.54, 1.807) is 0 Å². The van der Waals surface area contributed by atoms with E-state index in [0.717, 1.165) is 10.4 Å². The predicted molar refractivity (Wildman–Crippen MR) is 170 cm³/mol. The van der Waals surface area contributed by atoms with E-state index in [0.29, 0.717) is 18.7 Å². The van der Waals surface area contributed by atoms with Crippen molar-refractivity contribution in [2.75, 3.05) is 18.0 Å². The summed E-state index contributed by atoms with van der Waals surface area (Å²) in [7, 11) is -3.04. The van der Waals surface area contributed by atoms with Gasteiger partial charge in [-0.25, -0.2) is 18.7 Å². The van der Waals surface area contributed by atoms with Crippen molar-refractivity contribution in [2.45, 2.75) is 58.5 Å². The molecule has 0 radical (unpaired) electrons. The fourth-order valence-electron chi connectivity index (χ4n) is 6.28. The molecule has 3 aromatic carbocycles. The lowest BCUT2D eigenvalue weighted by molar-refractivity contribution is -0.00553. The summed E-state index contributed by atoms with van der Waals surface area (Å²) in [6.07, 6.45) is 2.32. The molecule has 1 saturated heterocycles. The number of hydrogen-bond donors (Lipinski definition) is 1. The second-order valence-corrected chi connectivity index (χ2v) is 16.5. The van der Waals surface area contributed by atoms with E-state index in [1.165, 1.54) is 24.7 Å². The van der Waals surface area contributed by atoms with Crippen molar-refractivity contribution in [1.29, 1.82) is 0 Å². The van der Waals surface area contributed by atoms with Crippen molar-refractivity contribution in [3.8, 4) is 0 Å². The average molecular weight is 617 g/mol. The third-order valence-corrected chi connectivity index (χ3v) is 13.0. The van der Waals surface area contributed by atoms with Gasteiger partial charge in [-0.05, 0) is 41.4 Å². The van der Waals surface area contributed by atoms with Gasteiger partial charge < -0.3 is 19.3 Å². The molecular formula is C34H38F2N4O3Si. The highest BCUT2D eigenvalue weighted by Gasteiger charge is 2.50. The van der Waals surface area contributed by atoms with Gasteiger partial charge in [-0.1, -0.05) is 86.6 Å². The zero-order valence-electron chi connectivity index (χ0n) is 25.7. The molecule has 5 rings (SSSR count). The number of nitrogens with zero attached hydrogens (tertiary/aromatic N) is 4. The molecule has 1 fully saturated rings. The lowest BCUT2D eigenvalue weighted by Gasteiger charge is -2.43. The van der Waals surface area contributed by atoms with Crippen molar-refractivity contribution in [3.05, 3.63) is 114 Å². The Morgan fingerprint density at radius 2 is 1.57 bits per heavy atom. The number of aromatic nitrogens is 2. The Balaban J connectivity index is 1.70. The maximum atomic E-state index is 16.4. The quantitative estimate of drug-likeness (QED) is 0.119. The van der Waals surface area contributed by atoms with E-state index in [-0.39, 0.29) is 46.5 Å². The summed E-state index contributed by atoms with van der Waals surface area (Å²) in [4.78, 5) is 9.83. The third kappa shape index (κ3) is 6.02. The molecule has 2 heterocycles. The lowest BCUT2D eigenvalue weighted by atomic mass is 10.00. The Hall–Kier alpha value is -3.99. The third-order valence-electron chi connectivity index (χ3n) is 8.04. The molecule has 44 heavy (non-hydrogen) atoms. The van der Waals surface area contributed by atoms with Crippen LogP contribution in [0.15, 0.2) is 90.5 Å². The highest BCUT2D eigenvalue weighted by Crippen LogP contribution is 2.39. The molecule has 0 saturated carbocycles. The molecule has 0 aliphatic carbocycles. The van der Waals surface area contributed by atoms with E-state index in [9.17, 15) is 5.21 Å². The van der Waals surface area contributed by atoms with Crippen molar-refractivity contribution < 1.29 is 23.2 Å². The van der Waals surface area contributed by atoms with Crippen molar-refractivity contribution in [3.63, 3.8) is 0 Å². The molecule has 230 valence electrons. The fraction of sp³-hybridized carbons (Fsp3) is 0.324. The van der Waals surface area contributed by atoms with Crippen molar-refractivity contribution >= 4 is 30.1 Å². The van der Waals surface area contributed by atoms with Gasteiger partial charge in [-0.3, -0.25) is 0 Å². The first-order valence-electron chi connectivity index (χ1n) is 14.7. The number of oxime groups is 1. The van der Waals surface area contributed by atoms with Gasteiger partial charge in [-0.2, -0.15) is 0 Å². The van der Waals surface area contributed by atoms with E-state index < -0.39 is 20.0 Å². The summed E-state index contributed by atoms with van der Waals surface area (Å²) < 4.78 is 45.5. The van der Waals surface area contributed by atoms with Gasteiger partial charge in [0, 0.05) is 30.4 Å². The van der Waals surface area contributed by atoms with Gasteiger partial charge in [0.2, 0.25) is 0 Å². The number of anilines is 1. The highest BCUT2D eigenvalue weighted by molar-refractivity contribution is 6.99. The van der Waals surface area contributed by atoms with Gasteiger partial charge in [0.1, 0.15) is 12.0 Å².